The molecule has 104 valence electrons. The van der Waals surface area contributed by atoms with Crippen LogP contribution in [0.1, 0.15) is 12.8 Å². The van der Waals surface area contributed by atoms with Crippen LogP contribution >= 0.6 is 11.6 Å². The number of hydrogen-bond donors (Lipinski definition) is 2. The lowest BCUT2D eigenvalue weighted by Crippen LogP contribution is -2.34. The molecule has 2 aromatic rings. The van der Waals surface area contributed by atoms with Gasteiger partial charge in [-0.25, -0.2) is 0 Å². The van der Waals surface area contributed by atoms with Gasteiger partial charge in [0, 0.05) is 17.5 Å². The summed E-state index contributed by atoms with van der Waals surface area (Å²) in [5, 5.41) is 7.75. The summed E-state index contributed by atoms with van der Waals surface area (Å²) in [6.07, 6.45) is 3.47. The summed E-state index contributed by atoms with van der Waals surface area (Å²) in [7, 11) is 0. The molecule has 1 aromatic carbocycles. The highest BCUT2D eigenvalue weighted by Crippen LogP contribution is 2.28. The lowest BCUT2D eigenvalue weighted by atomic mass is 9.97. The van der Waals surface area contributed by atoms with Crippen molar-refractivity contribution < 1.29 is 4.79 Å². The summed E-state index contributed by atoms with van der Waals surface area (Å²) in [5.74, 6) is 0.164. The molecule has 2 N–H and O–H groups in total. The minimum atomic E-state index is 0.0821. The number of rotatable bonds is 2. The second-order valence-electron chi connectivity index (χ2n) is 5.01. The molecule has 0 radical (unpaired) electrons. The highest BCUT2D eigenvalue weighted by atomic mass is 35.5. The number of hydrogen-bond acceptors (Lipinski definition) is 3. The summed E-state index contributed by atoms with van der Waals surface area (Å²) < 4.78 is 0. The zero-order valence-corrected chi connectivity index (χ0v) is 11.8. The number of carbonyl (C=O) groups is 1. The summed E-state index contributed by atoms with van der Waals surface area (Å²) in [6.45, 7) is 1.81. The van der Waals surface area contributed by atoms with Crippen molar-refractivity contribution in [2.45, 2.75) is 12.8 Å². The van der Waals surface area contributed by atoms with Crippen LogP contribution < -0.4 is 10.6 Å². The van der Waals surface area contributed by atoms with Crippen LogP contribution in [0.4, 0.5) is 5.69 Å². The van der Waals surface area contributed by atoms with Crippen molar-refractivity contribution in [3.8, 4) is 0 Å². The SMILES string of the molecule is O=C(Nc1ccc(Cl)c2ncccc12)C1CCNCC1. The number of nitrogens with one attached hydrogen (secondary N) is 2. The van der Waals surface area contributed by atoms with Crippen LogP contribution in [0.25, 0.3) is 10.9 Å². The Hall–Kier alpha value is -1.65. The largest absolute Gasteiger partial charge is 0.325 e. The third-order valence-corrected chi connectivity index (χ3v) is 3.99. The topological polar surface area (TPSA) is 54.0 Å². The van der Waals surface area contributed by atoms with Crippen molar-refractivity contribution in [3.63, 3.8) is 0 Å². The monoisotopic (exact) mass is 289 g/mol. The quantitative estimate of drug-likeness (QED) is 0.894. The third-order valence-electron chi connectivity index (χ3n) is 3.69. The summed E-state index contributed by atoms with van der Waals surface area (Å²) in [6, 6.07) is 7.38. The molecule has 0 spiro atoms. The van der Waals surface area contributed by atoms with Crippen LogP contribution in [0.2, 0.25) is 5.02 Å². The zero-order chi connectivity index (χ0) is 13.9. The Morgan fingerprint density at radius 2 is 2.10 bits per heavy atom. The van der Waals surface area contributed by atoms with Crippen LogP contribution in [-0.4, -0.2) is 24.0 Å². The van der Waals surface area contributed by atoms with E-state index in [0.29, 0.717) is 5.02 Å². The highest BCUT2D eigenvalue weighted by Gasteiger charge is 2.21. The van der Waals surface area contributed by atoms with Gasteiger partial charge in [0.25, 0.3) is 0 Å². The first-order chi connectivity index (χ1) is 9.75. The molecule has 0 aliphatic carbocycles. The Balaban J connectivity index is 1.87. The molecule has 1 fully saturated rings. The smallest absolute Gasteiger partial charge is 0.227 e. The van der Waals surface area contributed by atoms with E-state index in [-0.39, 0.29) is 11.8 Å². The second kappa shape index (κ2) is 5.77. The van der Waals surface area contributed by atoms with Gasteiger partial charge in [-0.2, -0.15) is 0 Å². The number of piperidine rings is 1. The molecule has 0 bridgehead atoms. The van der Waals surface area contributed by atoms with Gasteiger partial charge >= 0.3 is 0 Å². The normalized spacial score (nSPS) is 16.2. The van der Waals surface area contributed by atoms with Gasteiger partial charge in [-0.3, -0.25) is 9.78 Å². The van der Waals surface area contributed by atoms with Gasteiger partial charge in [0.05, 0.1) is 16.2 Å². The van der Waals surface area contributed by atoms with Gasteiger partial charge in [-0.15, -0.1) is 0 Å². The van der Waals surface area contributed by atoms with Crippen LogP contribution in [0.5, 0.6) is 0 Å². The van der Waals surface area contributed by atoms with Gasteiger partial charge < -0.3 is 10.6 Å². The molecule has 0 unspecified atom stereocenters. The van der Waals surface area contributed by atoms with Crippen molar-refractivity contribution in [2.75, 3.05) is 18.4 Å². The van der Waals surface area contributed by atoms with E-state index in [2.05, 4.69) is 15.6 Å². The molecule has 3 rings (SSSR count). The molecule has 1 aromatic heterocycles. The minimum absolute atomic E-state index is 0.0821. The lowest BCUT2D eigenvalue weighted by Gasteiger charge is -2.22. The molecule has 4 nitrogen and oxygen atoms in total. The zero-order valence-electron chi connectivity index (χ0n) is 11.0. The maximum atomic E-state index is 12.3. The Morgan fingerprint density at radius 1 is 1.30 bits per heavy atom. The molecule has 2 heterocycles. The van der Waals surface area contributed by atoms with E-state index < -0.39 is 0 Å². The molecule has 1 aliphatic heterocycles. The number of fused-ring (bicyclic) bond motifs is 1. The van der Waals surface area contributed by atoms with Crippen molar-refractivity contribution in [1.82, 2.24) is 10.3 Å². The van der Waals surface area contributed by atoms with Crippen LogP contribution in [0.3, 0.4) is 0 Å². The average Bonchev–Trinajstić information content (AvgIpc) is 2.51. The van der Waals surface area contributed by atoms with E-state index in [9.17, 15) is 4.79 Å². The van der Waals surface area contributed by atoms with Crippen LogP contribution in [-0.2, 0) is 4.79 Å². The number of amides is 1. The summed E-state index contributed by atoms with van der Waals surface area (Å²) in [4.78, 5) is 16.6. The third kappa shape index (κ3) is 2.62. The average molecular weight is 290 g/mol. The molecule has 0 saturated carbocycles. The van der Waals surface area contributed by atoms with E-state index in [0.717, 1.165) is 42.5 Å². The first kappa shape index (κ1) is 13.3. The van der Waals surface area contributed by atoms with Gasteiger partial charge in [0.2, 0.25) is 5.91 Å². The number of benzene rings is 1. The van der Waals surface area contributed by atoms with Gasteiger partial charge in [-0.05, 0) is 50.2 Å². The van der Waals surface area contributed by atoms with Crippen molar-refractivity contribution >= 4 is 34.1 Å². The Bertz CT molecular complexity index is 638. The molecule has 1 saturated heterocycles. The van der Waals surface area contributed by atoms with Crippen molar-refractivity contribution in [1.29, 1.82) is 0 Å². The molecule has 0 atom stereocenters. The van der Waals surface area contributed by atoms with E-state index in [1.165, 1.54) is 0 Å². The highest BCUT2D eigenvalue weighted by molar-refractivity contribution is 6.35. The maximum Gasteiger partial charge on any atom is 0.227 e. The maximum absolute atomic E-state index is 12.3. The summed E-state index contributed by atoms with van der Waals surface area (Å²) in [5.41, 5.74) is 1.50. The van der Waals surface area contributed by atoms with E-state index in [1.807, 2.05) is 18.2 Å². The van der Waals surface area contributed by atoms with E-state index in [1.54, 1.807) is 12.3 Å². The molecule has 20 heavy (non-hydrogen) atoms. The fraction of sp³-hybridized carbons (Fsp3) is 0.333. The van der Waals surface area contributed by atoms with Gasteiger partial charge in [0.1, 0.15) is 0 Å². The predicted molar refractivity (Wildman–Crippen MR) is 81.0 cm³/mol. The number of nitrogens with zero attached hydrogens (tertiary/aromatic N) is 1. The van der Waals surface area contributed by atoms with Crippen molar-refractivity contribution in [3.05, 3.63) is 35.5 Å². The first-order valence-corrected chi connectivity index (χ1v) is 7.18. The molecule has 1 amide bonds. The van der Waals surface area contributed by atoms with E-state index >= 15 is 0 Å². The number of halogens is 1. The Morgan fingerprint density at radius 3 is 2.90 bits per heavy atom. The number of aromatic nitrogens is 1. The molecular formula is C15H16ClN3O. The van der Waals surface area contributed by atoms with Crippen LogP contribution in [0, 0.1) is 5.92 Å². The Kier molecular flexibility index (Phi) is 3.85. The lowest BCUT2D eigenvalue weighted by molar-refractivity contribution is -0.120. The number of carbonyl (C=O) groups excluding carboxylic acids is 1. The molecule has 5 heteroatoms. The predicted octanol–water partition coefficient (Wildman–Crippen LogP) is 2.83. The number of pyridine rings is 1. The fourth-order valence-corrected chi connectivity index (χ4v) is 2.78. The fourth-order valence-electron chi connectivity index (χ4n) is 2.57. The standard InChI is InChI=1S/C15H16ClN3O/c16-12-3-4-13(11-2-1-7-18-14(11)12)19-15(20)10-5-8-17-9-6-10/h1-4,7,10,17H,5-6,8-9H2,(H,19,20). The van der Waals surface area contributed by atoms with Crippen LogP contribution in [0.15, 0.2) is 30.5 Å². The molecular weight excluding hydrogens is 274 g/mol. The second-order valence-corrected chi connectivity index (χ2v) is 5.42. The number of anilines is 1. The summed E-state index contributed by atoms with van der Waals surface area (Å²) >= 11 is 6.13. The molecule has 1 aliphatic rings. The van der Waals surface area contributed by atoms with Gasteiger partial charge in [0.15, 0.2) is 0 Å². The minimum Gasteiger partial charge on any atom is -0.325 e. The Labute approximate surface area is 122 Å². The first-order valence-electron chi connectivity index (χ1n) is 6.80. The van der Waals surface area contributed by atoms with Gasteiger partial charge in [-0.1, -0.05) is 11.6 Å². The van der Waals surface area contributed by atoms with Crippen molar-refractivity contribution in [2.24, 2.45) is 5.92 Å². The van der Waals surface area contributed by atoms with E-state index in [4.69, 9.17) is 11.6 Å².